The average Bonchev–Trinajstić information content (AvgIpc) is 2.90. The zero-order chi connectivity index (χ0) is 23.3. The fraction of sp³-hybridized carbons (Fsp3) is 0.333. The summed E-state index contributed by atoms with van der Waals surface area (Å²) in [6, 6.07) is 9.92. The van der Waals surface area contributed by atoms with Gasteiger partial charge in [-0.1, -0.05) is 12.1 Å². The van der Waals surface area contributed by atoms with Crippen LogP contribution in [0.2, 0.25) is 0 Å². The SMILES string of the molecule is Nc1ncc(-c2ccc(N3CCOCC3)cc2)nc1C(=O)Nc1cnccc1N1CCOCC1. The fourth-order valence-electron chi connectivity index (χ4n) is 4.11. The van der Waals surface area contributed by atoms with E-state index in [9.17, 15) is 4.79 Å². The van der Waals surface area contributed by atoms with Crippen molar-refractivity contribution in [2.75, 3.05) is 73.5 Å². The summed E-state index contributed by atoms with van der Waals surface area (Å²) >= 11 is 0. The first-order valence-corrected chi connectivity index (χ1v) is 11.3. The monoisotopic (exact) mass is 461 g/mol. The Hall–Kier alpha value is -3.76. The van der Waals surface area contributed by atoms with Gasteiger partial charge in [0.15, 0.2) is 11.5 Å². The number of aromatic nitrogens is 3. The summed E-state index contributed by atoms with van der Waals surface area (Å²) in [5.74, 6) is -0.359. The number of carbonyl (C=O) groups is 1. The van der Waals surface area contributed by atoms with Crippen LogP contribution in [0.1, 0.15) is 10.5 Å². The number of amides is 1. The summed E-state index contributed by atoms with van der Waals surface area (Å²) in [4.78, 5) is 30.5. The number of ether oxygens (including phenoxy) is 2. The predicted molar refractivity (Wildman–Crippen MR) is 130 cm³/mol. The Bertz CT molecular complexity index is 1140. The van der Waals surface area contributed by atoms with Crippen LogP contribution in [0.5, 0.6) is 0 Å². The number of nitrogens with two attached hydrogens (primary N) is 1. The molecule has 34 heavy (non-hydrogen) atoms. The van der Waals surface area contributed by atoms with E-state index in [1.54, 1.807) is 18.6 Å². The number of carbonyl (C=O) groups excluding carboxylic acids is 1. The van der Waals surface area contributed by atoms with E-state index >= 15 is 0 Å². The molecule has 0 aliphatic carbocycles. The highest BCUT2D eigenvalue weighted by Gasteiger charge is 2.20. The molecule has 176 valence electrons. The molecule has 2 fully saturated rings. The van der Waals surface area contributed by atoms with Crippen molar-refractivity contribution >= 4 is 28.8 Å². The Balaban J connectivity index is 1.35. The minimum atomic E-state index is -0.431. The number of nitrogens with one attached hydrogen (secondary N) is 1. The predicted octanol–water partition coefficient (Wildman–Crippen LogP) is 2.05. The van der Waals surface area contributed by atoms with Crippen LogP contribution >= 0.6 is 0 Å². The number of benzene rings is 1. The molecule has 2 aromatic heterocycles. The van der Waals surface area contributed by atoms with E-state index in [0.717, 1.165) is 56.3 Å². The summed E-state index contributed by atoms with van der Waals surface area (Å²) in [5.41, 5.74) is 10.1. The highest BCUT2D eigenvalue weighted by atomic mass is 16.5. The van der Waals surface area contributed by atoms with Gasteiger partial charge in [-0.3, -0.25) is 9.78 Å². The number of rotatable bonds is 5. The number of nitrogen functional groups attached to an aromatic ring is 1. The number of hydrogen-bond donors (Lipinski definition) is 2. The zero-order valence-electron chi connectivity index (χ0n) is 18.8. The van der Waals surface area contributed by atoms with Crippen molar-refractivity contribution in [3.8, 4) is 11.3 Å². The van der Waals surface area contributed by atoms with Gasteiger partial charge >= 0.3 is 0 Å². The molecule has 0 saturated carbocycles. The summed E-state index contributed by atoms with van der Waals surface area (Å²) in [5, 5.41) is 2.91. The third-order valence-electron chi connectivity index (χ3n) is 5.95. The minimum Gasteiger partial charge on any atom is -0.382 e. The molecule has 10 heteroatoms. The lowest BCUT2D eigenvalue weighted by molar-refractivity contribution is 0.102. The zero-order valence-corrected chi connectivity index (χ0v) is 18.8. The highest BCUT2D eigenvalue weighted by Crippen LogP contribution is 2.27. The van der Waals surface area contributed by atoms with Crippen molar-refractivity contribution in [3.63, 3.8) is 0 Å². The second-order valence-corrected chi connectivity index (χ2v) is 8.08. The smallest absolute Gasteiger partial charge is 0.278 e. The molecule has 5 rings (SSSR count). The van der Waals surface area contributed by atoms with Gasteiger partial charge in [0.25, 0.3) is 5.91 Å². The molecule has 3 N–H and O–H groups in total. The van der Waals surface area contributed by atoms with Crippen LogP contribution in [0.15, 0.2) is 48.9 Å². The van der Waals surface area contributed by atoms with E-state index in [1.807, 2.05) is 30.3 Å². The molecule has 1 amide bonds. The van der Waals surface area contributed by atoms with Crippen LogP contribution < -0.4 is 20.9 Å². The summed E-state index contributed by atoms with van der Waals surface area (Å²) in [6.45, 7) is 5.95. The Morgan fingerprint density at radius 2 is 1.59 bits per heavy atom. The van der Waals surface area contributed by atoms with Gasteiger partial charge in [-0.25, -0.2) is 9.97 Å². The Labute approximate surface area is 197 Å². The van der Waals surface area contributed by atoms with E-state index in [2.05, 4.69) is 30.1 Å². The third-order valence-corrected chi connectivity index (χ3v) is 5.95. The van der Waals surface area contributed by atoms with E-state index in [-0.39, 0.29) is 11.5 Å². The molecule has 0 bridgehead atoms. The first kappa shape index (κ1) is 22.1. The van der Waals surface area contributed by atoms with Gasteiger partial charge < -0.3 is 30.3 Å². The first-order chi connectivity index (χ1) is 16.7. The van der Waals surface area contributed by atoms with Crippen LogP contribution in [0.25, 0.3) is 11.3 Å². The lowest BCUT2D eigenvalue weighted by atomic mass is 10.1. The molecule has 0 unspecified atom stereocenters. The molecule has 2 aliphatic heterocycles. The third kappa shape index (κ3) is 4.78. The van der Waals surface area contributed by atoms with Crippen LogP contribution in [0, 0.1) is 0 Å². The van der Waals surface area contributed by atoms with E-state index in [4.69, 9.17) is 15.2 Å². The molecular formula is C24H27N7O3. The molecule has 0 radical (unpaired) electrons. The van der Waals surface area contributed by atoms with Gasteiger partial charge in [0.1, 0.15) is 0 Å². The molecule has 0 spiro atoms. The Morgan fingerprint density at radius 1 is 0.912 bits per heavy atom. The molecule has 2 saturated heterocycles. The summed E-state index contributed by atoms with van der Waals surface area (Å²) < 4.78 is 10.9. The molecule has 3 aromatic rings. The van der Waals surface area contributed by atoms with Gasteiger partial charge in [0, 0.05) is 43.6 Å². The van der Waals surface area contributed by atoms with Crippen molar-refractivity contribution in [3.05, 3.63) is 54.6 Å². The number of hydrogen-bond acceptors (Lipinski definition) is 9. The Morgan fingerprint density at radius 3 is 2.29 bits per heavy atom. The minimum absolute atomic E-state index is 0.0722. The van der Waals surface area contributed by atoms with Gasteiger partial charge in [0.2, 0.25) is 0 Å². The van der Waals surface area contributed by atoms with Crippen molar-refractivity contribution in [2.45, 2.75) is 0 Å². The molecule has 1 aromatic carbocycles. The maximum Gasteiger partial charge on any atom is 0.278 e. The van der Waals surface area contributed by atoms with Crippen molar-refractivity contribution in [2.24, 2.45) is 0 Å². The maximum absolute atomic E-state index is 13.1. The van der Waals surface area contributed by atoms with Crippen molar-refractivity contribution in [1.29, 1.82) is 0 Å². The van der Waals surface area contributed by atoms with Crippen molar-refractivity contribution < 1.29 is 14.3 Å². The average molecular weight is 462 g/mol. The second kappa shape index (κ2) is 10.0. The lowest BCUT2D eigenvalue weighted by Crippen LogP contribution is -2.36. The molecule has 2 aliphatic rings. The second-order valence-electron chi connectivity index (χ2n) is 8.08. The van der Waals surface area contributed by atoms with Gasteiger partial charge in [-0.15, -0.1) is 0 Å². The molecule has 0 atom stereocenters. The Kier molecular flexibility index (Phi) is 6.50. The number of morpholine rings is 2. The van der Waals surface area contributed by atoms with Gasteiger partial charge in [-0.2, -0.15) is 0 Å². The van der Waals surface area contributed by atoms with E-state index in [1.165, 1.54) is 0 Å². The van der Waals surface area contributed by atoms with Crippen LogP contribution in [0.3, 0.4) is 0 Å². The van der Waals surface area contributed by atoms with Crippen LogP contribution in [-0.4, -0.2) is 73.5 Å². The normalized spacial score (nSPS) is 16.4. The maximum atomic E-state index is 13.1. The fourth-order valence-corrected chi connectivity index (χ4v) is 4.11. The molecule has 4 heterocycles. The largest absolute Gasteiger partial charge is 0.382 e. The van der Waals surface area contributed by atoms with Gasteiger partial charge in [0.05, 0.1) is 55.9 Å². The lowest BCUT2D eigenvalue weighted by Gasteiger charge is -2.30. The molecule has 10 nitrogen and oxygen atoms in total. The molecular weight excluding hydrogens is 434 g/mol. The standard InChI is InChI=1S/C24H27N7O3/c25-23-22(24(32)29-20-15-26-6-5-21(20)31-9-13-34-14-10-31)28-19(16-27-23)17-1-3-18(4-2-17)30-7-11-33-12-8-30/h1-6,15-16H,7-14H2,(H2,25,27)(H,29,32). The highest BCUT2D eigenvalue weighted by molar-refractivity contribution is 6.07. The summed E-state index contributed by atoms with van der Waals surface area (Å²) in [7, 11) is 0. The van der Waals surface area contributed by atoms with Crippen molar-refractivity contribution in [1.82, 2.24) is 15.0 Å². The summed E-state index contributed by atoms with van der Waals surface area (Å²) in [6.07, 6.45) is 4.91. The number of nitrogens with zero attached hydrogens (tertiary/aromatic N) is 5. The quantitative estimate of drug-likeness (QED) is 0.588. The van der Waals surface area contributed by atoms with Crippen LogP contribution in [0.4, 0.5) is 22.9 Å². The van der Waals surface area contributed by atoms with Crippen LogP contribution in [-0.2, 0) is 9.47 Å². The van der Waals surface area contributed by atoms with E-state index < -0.39 is 5.91 Å². The number of anilines is 4. The van der Waals surface area contributed by atoms with Gasteiger partial charge in [-0.05, 0) is 18.2 Å². The van der Waals surface area contributed by atoms with E-state index in [0.29, 0.717) is 24.6 Å². The first-order valence-electron chi connectivity index (χ1n) is 11.3. The topological polar surface area (TPSA) is 119 Å². The number of pyridine rings is 1.